The highest BCUT2D eigenvalue weighted by Crippen LogP contribution is 2.28. The quantitative estimate of drug-likeness (QED) is 0.782. The van der Waals surface area contributed by atoms with Gasteiger partial charge in [-0.1, -0.05) is 36.8 Å². The van der Waals surface area contributed by atoms with Gasteiger partial charge in [0.1, 0.15) is 5.82 Å². The van der Waals surface area contributed by atoms with E-state index in [2.05, 4.69) is 38.1 Å². The zero-order chi connectivity index (χ0) is 15.2. The van der Waals surface area contributed by atoms with Gasteiger partial charge in [-0.25, -0.2) is 4.39 Å². The van der Waals surface area contributed by atoms with Gasteiger partial charge in [-0.3, -0.25) is 0 Å². The van der Waals surface area contributed by atoms with E-state index in [4.69, 9.17) is 5.73 Å². The molecule has 0 aliphatic rings. The molecule has 1 nitrogen and oxygen atoms in total. The smallest absolute Gasteiger partial charge is 0.123 e. The zero-order valence-corrected chi connectivity index (χ0v) is 13.4. The fourth-order valence-electron chi connectivity index (χ4n) is 2.24. The molecule has 1 unspecified atom stereocenters. The lowest BCUT2D eigenvalue weighted by atomic mass is 10.0. The second-order valence-corrected chi connectivity index (χ2v) is 6.42. The largest absolute Gasteiger partial charge is 0.327 e. The predicted octanol–water partition coefficient (Wildman–Crippen LogP) is 4.71. The Morgan fingerprint density at radius 3 is 2.71 bits per heavy atom. The third-order valence-electron chi connectivity index (χ3n) is 3.51. The first-order valence-corrected chi connectivity index (χ1v) is 8.29. The first-order valence-electron chi connectivity index (χ1n) is 7.31. The summed E-state index contributed by atoms with van der Waals surface area (Å²) in [7, 11) is 0. The van der Waals surface area contributed by atoms with Gasteiger partial charge in [-0.05, 0) is 49.1 Å². The Bertz CT molecular complexity index is 598. The molecule has 2 aromatic rings. The highest BCUT2D eigenvalue weighted by atomic mass is 32.2. The van der Waals surface area contributed by atoms with Crippen molar-refractivity contribution in [2.45, 2.75) is 43.4 Å². The van der Waals surface area contributed by atoms with Crippen LogP contribution in [-0.4, -0.2) is 6.04 Å². The Kier molecular flexibility index (Phi) is 5.83. The van der Waals surface area contributed by atoms with Gasteiger partial charge in [0, 0.05) is 16.7 Å². The molecule has 1 atom stereocenters. The summed E-state index contributed by atoms with van der Waals surface area (Å²) < 4.78 is 13.5. The summed E-state index contributed by atoms with van der Waals surface area (Å²) in [4.78, 5) is 1.13. The van der Waals surface area contributed by atoms with Gasteiger partial charge in [0.2, 0.25) is 0 Å². The minimum Gasteiger partial charge on any atom is -0.327 e. The van der Waals surface area contributed by atoms with E-state index in [0.29, 0.717) is 0 Å². The lowest BCUT2D eigenvalue weighted by Crippen LogP contribution is -2.21. The van der Waals surface area contributed by atoms with E-state index in [9.17, 15) is 4.39 Å². The molecule has 2 aromatic carbocycles. The molecule has 0 saturated heterocycles. The summed E-state index contributed by atoms with van der Waals surface area (Å²) in [5, 5.41) is 0. The van der Waals surface area contributed by atoms with E-state index in [-0.39, 0.29) is 11.9 Å². The van der Waals surface area contributed by atoms with Crippen molar-refractivity contribution < 1.29 is 4.39 Å². The molecule has 112 valence electrons. The van der Waals surface area contributed by atoms with Crippen molar-refractivity contribution in [3.8, 4) is 0 Å². The molecule has 0 bridgehead atoms. The normalized spacial score (nSPS) is 12.4. The molecular formula is C18H22FNS. The average molecular weight is 303 g/mol. The predicted molar refractivity (Wildman–Crippen MR) is 89.1 cm³/mol. The second kappa shape index (κ2) is 7.62. The molecular weight excluding hydrogens is 281 g/mol. The van der Waals surface area contributed by atoms with Gasteiger partial charge in [0.15, 0.2) is 0 Å². The third-order valence-corrected chi connectivity index (χ3v) is 4.69. The van der Waals surface area contributed by atoms with Crippen molar-refractivity contribution in [1.82, 2.24) is 0 Å². The number of halogens is 1. The van der Waals surface area contributed by atoms with E-state index in [1.807, 2.05) is 6.07 Å². The second-order valence-electron chi connectivity index (χ2n) is 5.40. The summed E-state index contributed by atoms with van der Waals surface area (Å²) in [5.41, 5.74) is 9.59. The van der Waals surface area contributed by atoms with Crippen LogP contribution in [0.3, 0.4) is 0 Å². The van der Waals surface area contributed by atoms with Crippen LogP contribution in [0.4, 0.5) is 4.39 Å². The Labute approximate surface area is 130 Å². The van der Waals surface area contributed by atoms with Crippen molar-refractivity contribution in [2.24, 2.45) is 5.73 Å². The first-order chi connectivity index (χ1) is 10.1. The Morgan fingerprint density at radius 1 is 1.19 bits per heavy atom. The Morgan fingerprint density at radius 2 is 2.00 bits per heavy atom. The molecule has 0 spiro atoms. The van der Waals surface area contributed by atoms with Crippen molar-refractivity contribution >= 4 is 11.8 Å². The van der Waals surface area contributed by atoms with E-state index < -0.39 is 0 Å². The average Bonchev–Trinajstić information content (AvgIpc) is 2.46. The van der Waals surface area contributed by atoms with Gasteiger partial charge in [-0.2, -0.15) is 0 Å². The summed E-state index contributed by atoms with van der Waals surface area (Å²) in [5.74, 6) is 0.704. The van der Waals surface area contributed by atoms with Crippen LogP contribution in [-0.2, 0) is 12.2 Å². The lowest BCUT2D eigenvalue weighted by molar-refractivity contribution is 0.610. The number of aryl methyl sites for hydroxylation is 1. The molecule has 0 saturated carbocycles. The monoisotopic (exact) mass is 303 g/mol. The first kappa shape index (κ1) is 16.1. The maximum absolute atomic E-state index is 13.5. The Balaban J connectivity index is 2.11. The molecule has 3 heteroatoms. The summed E-state index contributed by atoms with van der Waals surface area (Å²) in [6.07, 6.45) is 1.63. The fraction of sp³-hybridized carbons (Fsp3) is 0.333. The number of rotatable bonds is 6. The molecule has 0 amide bonds. The van der Waals surface area contributed by atoms with Gasteiger partial charge >= 0.3 is 0 Å². The molecule has 0 aliphatic heterocycles. The standard InChI is InChI=1S/C18H22FNS/c1-3-17(20)11-15-10-16(19)7-8-18(15)21-12-14-6-4-5-13(2)9-14/h4-10,17H,3,11-12,20H2,1-2H3. The van der Waals surface area contributed by atoms with Crippen molar-refractivity contribution in [3.63, 3.8) is 0 Å². The number of nitrogens with two attached hydrogens (primary N) is 1. The van der Waals surface area contributed by atoms with Crippen molar-refractivity contribution in [3.05, 3.63) is 65.0 Å². The number of hydrogen-bond donors (Lipinski definition) is 1. The van der Waals surface area contributed by atoms with Crippen molar-refractivity contribution in [2.75, 3.05) is 0 Å². The molecule has 2 rings (SSSR count). The van der Waals surface area contributed by atoms with Gasteiger partial charge in [0.25, 0.3) is 0 Å². The van der Waals surface area contributed by atoms with E-state index in [1.54, 1.807) is 17.8 Å². The van der Waals surface area contributed by atoms with E-state index in [0.717, 1.165) is 29.1 Å². The van der Waals surface area contributed by atoms with Crippen LogP contribution in [0.15, 0.2) is 47.4 Å². The molecule has 0 aromatic heterocycles. The molecule has 0 aliphatic carbocycles. The van der Waals surface area contributed by atoms with Crippen LogP contribution in [0.5, 0.6) is 0 Å². The highest BCUT2D eigenvalue weighted by Gasteiger charge is 2.09. The molecule has 2 N–H and O–H groups in total. The Hall–Kier alpha value is -1.32. The van der Waals surface area contributed by atoms with Crippen LogP contribution in [0.2, 0.25) is 0 Å². The zero-order valence-electron chi connectivity index (χ0n) is 12.6. The van der Waals surface area contributed by atoms with Gasteiger partial charge in [0.05, 0.1) is 0 Å². The minimum absolute atomic E-state index is 0.0881. The SMILES string of the molecule is CCC(N)Cc1cc(F)ccc1SCc1cccc(C)c1. The maximum atomic E-state index is 13.5. The maximum Gasteiger partial charge on any atom is 0.123 e. The summed E-state index contributed by atoms with van der Waals surface area (Å²) in [6.45, 7) is 4.15. The van der Waals surface area contributed by atoms with Crippen LogP contribution < -0.4 is 5.73 Å². The van der Waals surface area contributed by atoms with Crippen LogP contribution in [0.25, 0.3) is 0 Å². The molecule has 0 heterocycles. The van der Waals surface area contributed by atoms with E-state index in [1.165, 1.54) is 17.2 Å². The number of hydrogen-bond acceptors (Lipinski definition) is 2. The topological polar surface area (TPSA) is 26.0 Å². The molecule has 21 heavy (non-hydrogen) atoms. The summed E-state index contributed by atoms with van der Waals surface area (Å²) in [6, 6.07) is 13.6. The number of benzene rings is 2. The fourth-order valence-corrected chi connectivity index (χ4v) is 3.23. The van der Waals surface area contributed by atoms with Gasteiger partial charge in [-0.15, -0.1) is 11.8 Å². The molecule has 0 radical (unpaired) electrons. The van der Waals surface area contributed by atoms with Gasteiger partial charge < -0.3 is 5.73 Å². The van der Waals surface area contributed by atoms with Crippen molar-refractivity contribution in [1.29, 1.82) is 0 Å². The van der Waals surface area contributed by atoms with E-state index >= 15 is 0 Å². The summed E-state index contributed by atoms with van der Waals surface area (Å²) >= 11 is 1.75. The van der Waals surface area contributed by atoms with Crippen LogP contribution >= 0.6 is 11.8 Å². The minimum atomic E-state index is -0.187. The van der Waals surface area contributed by atoms with Crippen LogP contribution in [0, 0.1) is 12.7 Å². The highest BCUT2D eigenvalue weighted by molar-refractivity contribution is 7.98. The third kappa shape index (κ3) is 4.87. The lowest BCUT2D eigenvalue weighted by Gasteiger charge is -2.13. The molecule has 0 fully saturated rings. The van der Waals surface area contributed by atoms with Crippen LogP contribution in [0.1, 0.15) is 30.0 Å². The number of thioether (sulfide) groups is 1.